The molecular formula is C13H21N3O3. The summed E-state index contributed by atoms with van der Waals surface area (Å²) in [5.41, 5.74) is 0.600. The van der Waals surface area contributed by atoms with Gasteiger partial charge in [0.05, 0.1) is 18.3 Å². The van der Waals surface area contributed by atoms with Crippen molar-refractivity contribution in [1.29, 1.82) is 0 Å². The number of hydrogen-bond acceptors (Lipinski definition) is 4. The van der Waals surface area contributed by atoms with Crippen LogP contribution < -0.4 is 0 Å². The van der Waals surface area contributed by atoms with Crippen molar-refractivity contribution >= 4 is 5.97 Å². The molecular weight excluding hydrogens is 246 g/mol. The van der Waals surface area contributed by atoms with Crippen molar-refractivity contribution in [2.24, 2.45) is 5.92 Å². The lowest BCUT2D eigenvalue weighted by Gasteiger charge is -2.31. The van der Waals surface area contributed by atoms with Gasteiger partial charge >= 0.3 is 5.97 Å². The van der Waals surface area contributed by atoms with Crippen molar-refractivity contribution in [3.05, 3.63) is 11.4 Å². The van der Waals surface area contributed by atoms with Crippen LogP contribution in [0.2, 0.25) is 0 Å². The summed E-state index contributed by atoms with van der Waals surface area (Å²) in [5.74, 6) is -0.491. The van der Waals surface area contributed by atoms with Crippen LogP contribution in [0.25, 0.3) is 0 Å². The molecule has 0 radical (unpaired) electrons. The molecule has 2 unspecified atom stereocenters. The van der Waals surface area contributed by atoms with Crippen LogP contribution in [0.15, 0.2) is 0 Å². The van der Waals surface area contributed by atoms with Gasteiger partial charge in [0, 0.05) is 7.11 Å². The van der Waals surface area contributed by atoms with Crippen molar-refractivity contribution < 1.29 is 14.6 Å². The molecule has 1 heterocycles. The lowest BCUT2D eigenvalue weighted by Crippen LogP contribution is -2.25. The van der Waals surface area contributed by atoms with Gasteiger partial charge in [0.15, 0.2) is 5.69 Å². The molecule has 6 nitrogen and oxygen atoms in total. The summed E-state index contributed by atoms with van der Waals surface area (Å²) < 4.78 is 6.91. The summed E-state index contributed by atoms with van der Waals surface area (Å²) in [4.78, 5) is 11.2. The SMILES string of the molecule is CCC1CCCCC1n1nnc(C(=O)O)c1COC. The summed E-state index contributed by atoms with van der Waals surface area (Å²) in [5, 5.41) is 17.1. The minimum Gasteiger partial charge on any atom is -0.476 e. The van der Waals surface area contributed by atoms with E-state index in [4.69, 9.17) is 9.84 Å². The van der Waals surface area contributed by atoms with Crippen molar-refractivity contribution in [2.45, 2.75) is 51.7 Å². The van der Waals surface area contributed by atoms with Gasteiger partial charge in [-0.3, -0.25) is 0 Å². The van der Waals surface area contributed by atoms with E-state index in [-0.39, 0.29) is 18.3 Å². The summed E-state index contributed by atoms with van der Waals surface area (Å²) in [7, 11) is 1.56. The number of methoxy groups -OCH3 is 1. The fourth-order valence-corrected chi connectivity index (χ4v) is 3.00. The van der Waals surface area contributed by atoms with E-state index in [1.165, 1.54) is 12.8 Å². The molecule has 1 fully saturated rings. The van der Waals surface area contributed by atoms with Crippen LogP contribution in [0.5, 0.6) is 0 Å². The van der Waals surface area contributed by atoms with E-state index in [1.54, 1.807) is 11.8 Å². The van der Waals surface area contributed by atoms with Gasteiger partial charge in [-0.25, -0.2) is 9.48 Å². The van der Waals surface area contributed by atoms with Gasteiger partial charge in [0.1, 0.15) is 0 Å². The number of rotatable bonds is 5. The third kappa shape index (κ3) is 2.78. The van der Waals surface area contributed by atoms with Crippen LogP contribution in [-0.4, -0.2) is 33.2 Å². The van der Waals surface area contributed by atoms with Gasteiger partial charge in [0.25, 0.3) is 0 Å². The van der Waals surface area contributed by atoms with Gasteiger partial charge in [-0.15, -0.1) is 5.10 Å². The maximum atomic E-state index is 11.2. The third-order valence-corrected chi connectivity index (χ3v) is 3.98. The van der Waals surface area contributed by atoms with Crippen LogP contribution in [-0.2, 0) is 11.3 Å². The van der Waals surface area contributed by atoms with Crippen molar-refractivity contribution in [3.63, 3.8) is 0 Å². The Balaban J connectivity index is 2.34. The fraction of sp³-hybridized carbons (Fsp3) is 0.769. The molecule has 6 heteroatoms. The molecule has 0 aliphatic heterocycles. The monoisotopic (exact) mass is 267 g/mol. The first-order valence-electron chi connectivity index (χ1n) is 6.85. The number of nitrogens with zero attached hydrogens (tertiary/aromatic N) is 3. The normalized spacial score (nSPS) is 23.5. The van der Waals surface area contributed by atoms with Gasteiger partial charge in [0.2, 0.25) is 0 Å². The molecule has 2 rings (SSSR count). The van der Waals surface area contributed by atoms with Crippen molar-refractivity contribution in [3.8, 4) is 0 Å². The van der Waals surface area contributed by atoms with E-state index in [1.807, 2.05) is 0 Å². The van der Waals surface area contributed by atoms with E-state index in [0.29, 0.717) is 11.6 Å². The molecule has 0 spiro atoms. The maximum absolute atomic E-state index is 11.2. The van der Waals surface area contributed by atoms with Crippen LogP contribution in [0, 0.1) is 5.92 Å². The summed E-state index contributed by atoms with van der Waals surface area (Å²) >= 11 is 0. The molecule has 1 aromatic rings. The molecule has 0 bridgehead atoms. The van der Waals surface area contributed by atoms with Crippen LogP contribution in [0.3, 0.4) is 0 Å². The smallest absolute Gasteiger partial charge is 0.358 e. The third-order valence-electron chi connectivity index (χ3n) is 3.98. The highest BCUT2D eigenvalue weighted by molar-refractivity contribution is 5.86. The van der Waals surface area contributed by atoms with Crippen LogP contribution >= 0.6 is 0 Å². The Morgan fingerprint density at radius 2 is 2.21 bits per heavy atom. The van der Waals surface area contributed by atoms with Crippen LogP contribution in [0.4, 0.5) is 0 Å². The molecule has 0 aromatic carbocycles. The Bertz CT molecular complexity index is 444. The van der Waals surface area contributed by atoms with Crippen molar-refractivity contribution in [2.75, 3.05) is 7.11 Å². The number of hydrogen-bond donors (Lipinski definition) is 1. The lowest BCUT2D eigenvalue weighted by molar-refractivity contribution is 0.0684. The summed E-state index contributed by atoms with van der Waals surface area (Å²) in [6.45, 7) is 2.41. The second-order valence-corrected chi connectivity index (χ2v) is 5.09. The molecule has 1 saturated carbocycles. The van der Waals surface area contributed by atoms with E-state index < -0.39 is 5.97 Å². The highest BCUT2D eigenvalue weighted by Crippen LogP contribution is 2.36. The first-order chi connectivity index (χ1) is 9.19. The second-order valence-electron chi connectivity index (χ2n) is 5.09. The first-order valence-corrected chi connectivity index (χ1v) is 6.85. The average Bonchev–Trinajstić information content (AvgIpc) is 2.83. The van der Waals surface area contributed by atoms with Gasteiger partial charge in [-0.2, -0.15) is 0 Å². The van der Waals surface area contributed by atoms with Crippen LogP contribution in [0.1, 0.15) is 61.3 Å². The highest BCUT2D eigenvalue weighted by Gasteiger charge is 2.30. The molecule has 106 valence electrons. The van der Waals surface area contributed by atoms with Gasteiger partial charge in [-0.05, 0) is 18.8 Å². The zero-order valence-electron chi connectivity index (χ0n) is 11.5. The van der Waals surface area contributed by atoms with Gasteiger partial charge < -0.3 is 9.84 Å². The zero-order valence-corrected chi connectivity index (χ0v) is 11.5. The number of carboxylic acid groups (broad SMARTS) is 1. The summed E-state index contributed by atoms with van der Waals surface area (Å²) in [6, 6.07) is 0.254. The largest absolute Gasteiger partial charge is 0.476 e. The molecule has 0 amide bonds. The molecule has 2 atom stereocenters. The first kappa shape index (κ1) is 14.0. The predicted octanol–water partition coefficient (Wildman–Crippen LogP) is 2.26. The Hall–Kier alpha value is -1.43. The molecule has 0 saturated heterocycles. The lowest BCUT2D eigenvalue weighted by atomic mass is 9.83. The van der Waals surface area contributed by atoms with E-state index in [2.05, 4.69) is 17.2 Å². The average molecular weight is 267 g/mol. The highest BCUT2D eigenvalue weighted by atomic mass is 16.5. The Labute approximate surface area is 112 Å². The molecule has 1 aliphatic carbocycles. The number of carbonyl (C=O) groups is 1. The maximum Gasteiger partial charge on any atom is 0.358 e. The fourth-order valence-electron chi connectivity index (χ4n) is 3.00. The molecule has 19 heavy (non-hydrogen) atoms. The van der Waals surface area contributed by atoms with Gasteiger partial charge in [-0.1, -0.05) is 31.4 Å². The number of carboxylic acids is 1. The minimum atomic E-state index is -1.04. The Morgan fingerprint density at radius 1 is 1.47 bits per heavy atom. The minimum absolute atomic E-state index is 0.0160. The van der Waals surface area contributed by atoms with E-state index in [0.717, 1.165) is 19.3 Å². The Morgan fingerprint density at radius 3 is 2.84 bits per heavy atom. The molecule has 1 N–H and O–H groups in total. The number of aromatic carboxylic acids is 1. The number of aromatic nitrogens is 3. The number of ether oxygens (including phenoxy) is 1. The van der Waals surface area contributed by atoms with Crippen molar-refractivity contribution in [1.82, 2.24) is 15.0 Å². The predicted molar refractivity (Wildman–Crippen MR) is 69.0 cm³/mol. The Kier molecular flexibility index (Phi) is 4.52. The topological polar surface area (TPSA) is 77.2 Å². The molecule has 1 aromatic heterocycles. The standard InChI is InChI=1S/C13H21N3O3/c1-3-9-6-4-5-7-10(9)16-11(8-19-2)12(13(17)18)14-15-16/h9-10H,3-8H2,1-2H3,(H,17,18). The zero-order chi connectivity index (χ0) is 13.8. The van der Waals surface area contributed by atoms with E-state index in [9.17, 15) is 4.79 Å². The quantitative estimate of drug-likeness (QED) is 0.885. The summed E-state index contributed by atoms with van der Waals surface area (Å²) in [6.07, 6.45) is 5.71. The van der Waals surface area contributed by atoms with E-state index >= 15 is 0 Å². The second kappa shape index (κ2) is 6.14. The molecule has 1 aliphatic rings.